The number of thiophene rings is 1. The van der Waals surface area contributed by atoms with Crippen LogP contribution in [0.4, 0.5) is 5.69 Å². The van der Waals surface area contributed by atoms with Crippen molar-refractivity contribution in [3.05, 3.63) is 28.1 Å². The second-order valence-electron chi connectivity index (χ2n) is 2.76. The van der Waals surface area contributed by atoms with E-state index in [2.05, 4.69) is 22.0 Å². The van der Waals surface area contributed by atoms with Crippen LogP contribution in [0, 0.1) is 0 Å². The van der Waals surface area contributed by atoms with Gasteiger partial charge in [0.1, 0.15) is 0 Å². The van der Waals surface area contributed by atoms with Gasteiger partial charge in [-0.05, 0) is 18.2 Å². The van der Waals surface area contributed by atoms with E-state index in [9.17, 15) is 0 Å². The van der Waals surface area contributed by atoms with E-state index in [1.165, 1.54) is 4.88 Å². The first-order chi connectivity index (χ1) is 6.20. The molecule has 1 nitrogen and oxygen atoms in total. The molecule has 68 valence electrons. The largest absolute Gasteiger partial charge is 0.399 e. The fraction of sp³-hybridized carbons (Fsp3) is 0.111. The van der Waals surface area contributed by atoms with E-state index in [0.717, 1.165) is 26.1 Å². The minimum absolute atomic E-state index is 0.723. The summed E-state index contributed by atoms with van der Waals surface area (Å²) in [4.78, 5) is 1.27. The van der Waals surface area contributed by atoms with Crippen LogP contribution in [-0.4, -0.2) is 0 Å². The van der Waals surface area contributed by atoms with Crippen LogP contribution in [-0.2, 0) is 5.33 Å². The highest BCUT2D eigenvalue weighted by molar-refractivity contribution is 9.08. The quantitative estimate of drug-likeness (QED) is 0.617. The smallest absolute Gasteiger partial charge is 0.0513 e. The van der Waals surface area contributed by atoms with Gasteiger partial charge in [-0.3, -0.25) is 0 Å². The van der Waals surface area contributed by atoms with Gasteiger partial charge in [0.05, 0.1) is 5.02 Å². The molecule has 0 spiro atoms. The molecule has 0 aliphatic heterocycles. The van der Waals surface area contributed by atoms with E-state index in [0.29, 0.717) is 0 Å². The average Bonchev–Trinajstić information content (AvgIpc) is 2.47. The summed E-state index contributed by atoms with van der Waals surface area (Å²) in [6.07, 6.45) is 0. The van der Waals surface area contributed by atoms with Gasteiger partial charge in [-0.25, -0.2) is 0 Å². The van der Waals surface area contributed by atoms with Gasteiger partial charge in [-0.1, -0.05) is 27.5 Å². The molecule has 0 saturated heterocycles. The molecule has 13 heavy (non-hydrogen) atoms. The first-order valence-corrected chi connectivity index (χ1v) is 6.05. The minimum Gasteiger partial charge on any atom is -0.399 e. The summed E-state index contributed by atoms with van der Waals surface area (Å²) in [7, 11) is 0. The lowest BCUT2D eigenvalue weighted by atomic mass is 10.2. The van der Waals surface area contributed by atoms with Gasteiger partial charge >= 0.3 is 0 Å². The Balaban J connectivity index is 2.75. The fourth-order valence-corrected chi connectivity index (χ4v) is 3.07. The van der Waals surface area contributed by atoms with Crippen LogP contribution in [0.1, 0.15) is 4.88 Å². The number of hydrogen-bond acceptors (Lipinski definition) is 2. The van der Waals surface area contributed by atoms with E-state index in [1.807, 2.05) is 6.07 Å². The molecule has 0 unspecified atom stereocenters. The lowest BCUT2D eigenvalue weighted by Gasteiger charge is -1.95. The maximum atomic E-state index is 6.04. The lowest BCUT2D eigenvalue weighted by molar-refractivity contribution is 1.60. The van der Waals surface area contributed by atoms with Crippen molar-refractivity contribution in [1.82, 2.24) is 0 Å². The van der Waals surface area contributed by atoms with Crippen LogP contribution >= 0.6 is 38.9 Å². The first-order valence-electron chi connectivity index (χ1n) is 3.74. The summed E-state index contributed by atoms with van der Waals surface area (Å²) in [5, 5.41) is 2.69. The average molecular weight is 277 g/mol. The highest BCUT2D eigenvalue weighted by atomic mass is 79.9. The molecule has 2 aromatic rings. The molecule has 4 heteroatoms. The van der Waals surface area contributed by atoms with E-state index in [1.54, 1.807) is 17.4 Å². The normalized spacial score (nSPS) is 10.9. The third kappa shape index (κ3) is 1.68. The molecule has 1 heterocycles. The Bertz CT molecular complexity index is 452. The summed E-state index contributed by atoms with van der Waals surface area (Å²) >= 11 is 11.2. The summed E-state index contributed by atoms with van der Waals surface area (Å²) in [6, 6.07) is 5.84. The van der Waals surface area contributed by atoms with Crippen LogP contribution in [0.15, 0.2) is 18.2 Å². The lowest BCUT2D eigenvalue weighted by Crippen LogP contribution is -1.82. The molecule has 0 aliphatic carbocycles. The molecule has 0 aliphatic rings. The Hall–Kier alpha value is -0.250. The predicted octanol–water partition coefficient (Wildman–Crippen LogP) is 4.03. The van der Waals surface area contributed by atoms with E-state index in [-0.39, 0.29) is 0 Å². The van der Waals surface area contributed by atoms with Gasteiger partial charge in [0.2, 0.25) is 0 Å². The highest BCUT2D eigenvalue weighted by Gasteiger charge is 2.05. The van der Waals surface area contributed by atoms with Crippen molar-refractivity contribution in [2.24, 2.45) is 0 Å². The van der Waals surface area contributed by atoms with Crippen LogP contribution in [0.5, 0.6) is 0 Å². The molecule has 1 aromatic carbocycles. The molecule has 0 bridgehead atoms. The highest BCUT2D eigenvalue weighted by Crippen LogP contribution is 2.34. The monoisotopic (exact) mass is 275 g/mol. The second kappa shape index (κ2) is 3.48. The van der Waals surface area contributed by atoms with Crippen molar-refractivity contribution in [2.75, 3.05) is 5.73 Å². The summed E-state index contributed by atoms with van der Waals surface area (Å²) in [5.41, 5.74) is 6.41. The molecule has 0 amide bonds. The van der Waals surface area contributed by atoms with Gasteiger partial charge in [0.15, 0.2) is 0 Å². The number of hydrogen-bond donors (Lipinski definition) is 1. The number of benzene rings is 1. The molecular weight excluding hydrogens is 270 g/mol. The summed E-state index contributed by atoms with van der Waals surface area (Å²) < 4.78 is 1.15. The van der Waals surface area contributed by atoms with Crippen molar-refractivity contribution in [2.45, 2.75) is 5.33 Å². The van der Waals surface area contributed by atoms with Gasteiger partial charge in [-0.15, -0.1) is 11.3 Å². The zero-order valence-corrected chi connectivity index (χ0v) is 9.84. The molecule has 0 atom stereocenters. The van der Waals surface area contributed by atoms with E-state index < -0.39 is 0 Å². The molecule has 2 rings (SSSR count). The van der Waals surface area contributed by atoms with Crippen molar-refractivity contribution in [3.8, 4) is 0 Å². The molecule has 1 aromatic heterocycles. The zero-order chi connectivity index (χ0) is 9.42. The zero-order valence-electron chi connectivity index (χ0n) is 6.68. The molecule has 0 saturated carbocycles. The molecule has 0 fully saturated rings. The van der Waals surface area contributed by atoms with Crippen LogP contribution in [0.3, 0.4) is 0 Å². The van der Waals surface area contributed by atoms with Crippen molar-refractivity contribution in [1.29, 1.82) is 0 Å². The summed E-state index contributed by atoms with van der Waals surface area (Å²) in [6.45, 7) is 0. The maximum absolute atomic E-state index is 6.04. The molecular formula is C9H7BrClNS. The number of nitrogen functional groups attached to an aromatic ring is 1. The SMILES string of the molecule is Nc1cc(Cl)c2cc(CBr)sc2c1. The van der Waals surface area contributed by atoms with Gasteiger partial charge in [-0.2, -0.15) is 0 Å². The number of alkyl halides is 1. The van der Waals surface area contributed by atoms with Crippen molar-refractivity contribution in [3.63, 3.8) is 0 Å². The standard InChI is InChI=1S/C9H7BrClNS/c10-4-6-3-7-8(11)1-5(12)2-9(7)13-6/h1-3H,4,12H2. The Morgan fingerprint density at radius 2 is 2.15 bits per heavy atom. The fourth-order valence-electron chi connectivity index (χ4n) is 1.23. The van der Waals surface area contributed by atoms with Crippen molar-refractivity contribution < 1.29 is 0 Å². The van der Waals surface area contributed by atoms with E-state index >= 15 is 0 Å². The van der Waals surface area contributed by atoms with E-state index in [4.69, 9.17) is 17.3 Å². The predicted molar refractivity (Wildman–Crippen MR) is 63.9 cm³/mol. The Morgan fingerprint density at radius 3 is 2.85 bits per heavy atom. The Labute approximate surface area is 93.6 Å². The molecule has 0 radical (unpaired) electrons. The Morgan fingerprint density at radius 1 is 1.38 bits per heavy atom. The van der Waals surface area contributed by atoms with Gasteiger partial charge in [0, 0.05) is 26.0 Å². The van der Waals surface area contributed by atoms with Crippen molar-refractivity contribution >= 4 is 54.6 Å². The number of rotatable bonds is 1. The maximum Gasteiger partial charge on any atom is 0.0513 e. The summed E-state index contributed by atoms with van der Waals surface area (Å²) in [5.74, 6) is 0. The third-order valence-electron chi connectivity index (χ3n) is 1.79. The number of halogens is 2. The molecule has 2 N–H and O–H groups in total. The second-order valence-corrected chi connectivity index (χ2v) is 4.90. The minimum atomic E-state index is 0.723. The van der Waals surface area contributed by atoms with Crippen LogP contribution in [0.2, 0.25) is 5.02 Å². The Kier molecular flexibility index (Phi) is 2.49. The number of nitrogens with two attached hydrogens (primary N) is 1. The third-order valence-corrected chi connectivity index (χ3v) is 4.16. The van der Waals surface area contributed by atoms with Gasteiger partial charge < -0.3 is 5.73 Å². The first kappa shape index (κ1) is 9.31. The number of anilines is 1. The van der Waals surface area contributed by atoms with Crippen LogP contribution < -0.4 is 5.73 Å². The number of fused-ring (bicyclic) bond motifs is 1. The van der Waals surface area contributed by atoms with Gasteiger partial charge in [0.25, 0.3) is 0 Å². The topological polar surface area (TPSA) is 26.0 Å². The van der Waals surface area contributed by atoms with Crippen LogP contribution in [0.25, 0.3) is 10.1 Å².